The SMILES string of the molecule is C[S-].C[S-].C[S-].C[S-].[Fe+2].[Fe+4].[SH-].[SH-]. The Morgan fingerprint density at radius 3 is 0.500 bits per heavy atom. The van der Waals surface area contributed by atoms with Crippen LogP contribution in [0, 0.1) is 0 Å². The Kier molecular flexibility index (Phi) is 1230. The minimum atomic E-state index is 0. The Morgan fingerprint density at radius 1 is 0.500 bits per heavy atom. The minimum Gasteiger partial charge on any atom is -0.813 e. The van der Waals surface area contributed by atoms with Gasteiger partial charge in [0, 0.05) is 0 Å². The van der Waals surface area contributed by atoms with Crippen molar-refractivity contribution in [2.45, 2.75) is 0 Å². The summed E-state index contributed by atoms with van der Waals surface area (Å²) in [6.07, 6.45) is 6.33. The van der Waals surface area contributed by atoms with Gasteiger partial charge in [0.1, 0.15) is 0 Å². The number of rotatable bonds is 0. The first-order valence-corrected chi connectivity index (χ1v) is 4.90. The minimum absolute atomic E-state index is 0. The monoisotopic (exact) mass is 366 g/mol. The predicted molar refractivity (Wildman–Crippen MR) is 70.7 cm³/mol. The fourth-order valence-corrected chi connectivity index (χ4v) is 0. The molecule has 0 bridgehead atoms. The van der Waals surface area contributed by atoms with Gasteiger partial charge in [-0.05, 0) is 0 Å². The van der Waals surface area contributed by atoms with Gasteiger partial charge in [0.2, 0.25) is 0 Å². The molecule has 0 aliphatic rings. The molecule has 0 aliphatic heterocycles. The third kappa shape index (κ3) is 196. The summed E-state index contributed by atoms with van der Waals surface area (Å²) in [5.74, 6) is 0. The summed E-state index contributed by atoms with van der Waals surface area (Å²) in [5.41, 5.74) is 0. The van der Waals surface area contributed by atoms with Crippen molar-refractivity contribution in [3.8, 4) is 0 Å². The van der Waals surface area contributed by atoms with Gasteiger partial charge in [-0.2, -0.15) is 25.0 Å². The van der Waals surface area contributed by atoms with Crippen molar-refractivity contribution in [2.75, 3.05) is 25.0 Å². The molecule has 0 heterocycles. The van der Waals surface area contributed by atoms with Gasteiger partial charge < -0.3 is 77.5 Å². The summed E-state index contributed by atoms with van der Waals surface area (Å²) in [5, 5.41) is 0. The van der Waals surface area contributed by atoms with E-state index in [1.807, 2.05) is 0 Å². The van der Waals surface area contributed by atoms with Crippen LogP contribution in [0.4, 0.5) is 0 Å². The van der Waals surface area contributed by atoms with Crippen molar-refractivity contribution in [3.63, 3.8) is 0 Å². The summed E-state index contributed by atoms with van der Waals surface area (Å²) in [6, 6.07) is 0. The van der Waals surface area contributed by atoms with Crippen LogP contribution in [0.3, 0.4) is 0 Å². The average Bonchev–Trinajstić information content (AvgIpc) is 2.03. The van der Waals surface area contributed by atoms with Crippen LogP contribution in [0.2, 0.25) is 0 Å². The Bertz CT molecular complexity index is 17.5. The normalized spacial score (nSPS) is 2.00. The first-order valence-electron chi connectivity index (χ1n) is 1.63. The predicted octanol–water partition coefficient (Wildman–Crippen LogP) is 0.107. The van der Waals surface area contributed by atoms with Gasteiger partial charge in [0.05, 0.1) is 0 Å². The van der Waals surface area contributed by atoms with E-state index in [1.54, 1.807) is 25.0 Å². The van der Waals surface area contributed by atoms with Crippen molar-refractivity contribution in [2.24, 2.45) is 0 Å². The zero-order chi connectivity index (χ0) is 8.00. The van der Waals surface area contributed by atoms with Crippen LogP contribution in [0.15, 0.2) is 0 Å². The molecule has 0 amide bonds. The van der Waals surface area contributed by atoms with Crippen molar-refractivity contribution in [1.82, 2.24) is 0 Å². The van der Waals surface area contributed by atoms with Gasteiger partial charge in [0.15, 0.2) is 0 Å². The zero-order valence-electron chi connectivity index (χ0n) is 7.23. The van der Waals surface area contributed by atoms with Crippen molar-refractivity contribution < 1.29 is 34.1 Å². The van der Waals surface area contributed by atoms with Gasteiger partial charge in [-0.15, -0.1) is 0 Å². The standard InChI is InChI=1S/4CH4S.2Fe.2H2S/c4*1-2;;;;/h4*2H,1H3;;;2*1H2/q;;;;+2;+4;;/p-6. The quantitative estimate of drug-likeness (QED) is 0.337. The molecule has 0 aromatic heterocycles. The molecular weight excluding hydrogens is 352 g/mol. The Hall–Kier alpha value is 3.14. The third-order valence-corrected chi connectivity index (χ3v) is 0. The molecule has 0 atom stereocenters. The van der Waals surface area contributed by atoms with Gasteiger partial charge >= 0.3 is 34.1 Å². The summed E-state index contributed by atoms with van der Waals surface area (Å²) >= 11 is 16.3. The second-order valence-corrected chi connectivity index (χ2v) is 0. The van der Waals surface area contributed by atoms with Gasteiger partial charge in [0.25, 0.3) is 0 Å². The van der Waals surface area contributed by atoms with E-state index >= 15 is 0 Å². The van der Waals surface area contributed by atoms with E-state index in [-0.39, 0.29) is 61.1 Å². The molecule has 0 radical (unpaired) electrons. The van der Waals surface area contributed by atoms with E-state index in [4.69, 9.17) is 0 Å². The smallest absolute Gasteiger partial charge is 0.813 e. The maximum Gasteiger partial charge on any atom is 4.00 e. The maximum atomic E-state index is 4.08. The Balaban J connectivity index is -0.00000000267. The summed E-state index contributed by atoms with van der Waals surface area (Å²) < 4.78 is 0. The molecule has 0 rings (SSSR count). The van der Waals surface area contributed by atoms with E-state index in [1.165, 1.54) is 0 Å². The van der Waals surface area contributed by atoms with Gasteiger partial charge in [-0.3, -0.25) is 0 Å². The number of hydrogen-bond acceptors (Lipinski definition) is 6. The Labute approximate surface area is 135 Å². The second-order valence-electron chi connectivity index (χ2n) is 0. The molecule has 0 aliphatic carbocycles. The fraction of sp³-hybridized carbons (Fsp3) is 1.00. The van der Waals surface area contributed by atoms with E-state index in [9.17, 15) is 0 Å². The maximum absolute atomic E-state index is 4.08. The van der Waals surface area contributed by atoms with Crippen LogP contribution in [-0.2, 0) is 112 Å². The van der Waals surface area contributed by atoms with E-state index < -0.39 is 0 Å². The molecule has 0 N–H and O–H groups in total. The van der Waals surface area contributed by atoms with Crippen molar-refractivity contribution in [1.29, 1.82) is 0 Å². The molecule has 0 spiro atoms. The molecular formula is C4H14Fe2S6. The van der Waals surface area contributed by atoms with Crippen LogP contribution in [0.25, 0.3) is 0 Å². The molecule has 12 heavy (non-hydrogen) atoms. The average molecular weight is 366 g/mol. The summed E-state index contributed by atoms with van der Waals surface area (Å²) in [7, 11) is 0. The summed E-state index contributed by atoms with van der Waals surface area (Å²) in [4.78, 5) is 0. The van der Waals surface area contributed by atoms with Crippen LogP contribution in [0.5, 0.6) is 0 Å². The molecule has 0 aromatic carbocycles. The fourth-order valence-electron chi connectivity index (χ4n) is 0. The first kappa shape index (κ1) is 59.4. The molecule has 82 valence electrons. The molecule has 0 fully saturated rings. The zero-order valence-corrected chi connectivity index (χ0v) is 14.5. The van der Waals surface area contributed by atoms with Gasteiger partial charge in [-0.1, -0.05) is 0 Å². The van der Waals surface area contributed by atoms with Crippen LogP contribution >= 0.6 is 0 Å². The molecule has 0 nitrogen and oxygen atoms in total. The van der Waals surface area contributed by atoms with E-state index in [2.05, 4.69) is 50.5 Å². The molecule has 0 aromatic rings. The third-order valence-electron chi connectivity index (χ3n) is 0. The number of thiol groups is 2. The van der Waals surface area contributed by atoms with E-state index in [0.717, 1.165) is 0 Å². The topological polar surface area (TPSA) is 0 Å². The van der Waals surface area contributed by atoms with Crippen molar-refractivity contribution in [3.05, 3.63) is 0 Å². The first-order chi connectivity index (χ1) is 4.00. The van der Waals surface area contributed by atoms with Crippen LogP contribution in [-0.4, -0.2) is 25.0 Å². The van der Waals surface area contributed by atoms with Crippen molar-refractivity contribution >= 4 is 77.5 Å². The second kappa shape index (κ2) is 248. The molecule has 0 unspecified atom stereocenters. The summed E-state index contributed by atoms with van der Waals surface area (Å²) in [6.45, 7) is 0. The molecule has 0 saturated heterocycles. The van der Waals surface area contributed by atoms with E-state index in [0.29, 0.717) is 0 Å². The van der Waals surface area contributed by atoms with Crippen LogP contribution in [0.1, 0.15) is 0 Å². The molecule has 8 heteroatoms. The van der Waals surface area contributed by atoms with Crippen LogP contribution < -0.4 is 0 Å². The van der Waals surface area contributed by atoms with Gasteiger partial charge in [-0.25, -0.2) is 0 Å². The Morgan fingerprint density at radius 2 is 0.500 bits per heavy atom. The molecule has 0 saturated carbocycles. The number of hydrogen-bond donors (Lipinski definition) is 0. The largest absolute Gasteiger partial charge is 4.00 e.